The summed E-state index contributed by atoms with van der Waals surface area (Å²) in [5, 5.41) is 9.96. The molecule has 0 amide bonds. The van der Waals surface area contributed by atoms with Crippen molar-refractivity contribution in [2.75, 3.05) is 40.0 Å². The Bertz CT molecular complexity index is 1260. The molecule has 3 saturated heterocycles. The normalized spacial score (nSPS) is 30.4. The van der Waals surface area contributed by atoms with Crippen molar-refractivity contribution < 1.29 is 23.0 Å². The lowest BCUT2D eigenvalue weighted by Gasteiger charge is -2.51. The molecule has 4 fully saturated rings. The minimum atomic E-state index is -4.58. The van der Waals surface area contributed by atoms with E-state index >= 15 is 0 Å². The van der Waals surface area contributed by atoms with Crippen molar-refractivity contribution in [1.82, 2.24) is 29.6 Å². The molecular formula is C28H41F3N6O3. The highest BCUT2D eigenvalue weighted by Gasteiger charge is 2.49. The standard InChI is InChI=1S/C28H41F3N6O3/c1-34-18-32-33-25(34)12-27(16-40-17-27)20-4-2-5-21(11-20)36-15-24-23(28(29,30)31)10-19(14-37(24)26(36)39)13-35-8-3-6-22(38)7-9-35/h10,14-15,20-22,25,32-33,38H,2-9,11-13,16-18H2,1H3. The highest BCUT2D eigenvalue weighted by atomic mass is 19.4. The molecule has 40 heavy (non-hydrogen) atoms. The Morgan fingerprint density at radius 1 is 1.12 bits per heavy atom. The number of hydrazine groups is 1. The van der Waals surface area contributed by atoms with Crippen LogP contribution in [0.15, 0.2) is 23.3 Å². The smallest absolute Gasteiger partial charge is 0.393 e. The van der Waals surface area contributed by atoms with Gasteiger partial charge in [0.2, 0.25) is 0 Å². The molecule has 3 N–H and O–H groups in total. The second-order valence-electron chi connectivity index (χ2n) is 12.5. The van der Waals surface area contributed by atoms with Crippen LogP contribution < -0.4 is 16.5 Å². The quantitative estimate of drug-likeness (QED) is 0.496. The van der Waals surface area contributed by atoms with Gasteiger partial charge >= 0.3 is 11.9 Å². The number of nitrogens with one attached hydrogen (secondary N) is 2. The van der Waals surface area contributed by atoms with E-state index in [2.05, 4.69) is 27.7 Å². The van der Waals surface area contributed by atoms with Crippen LogP contribution in [0.4, 0.5) is 13.2 Å². The van der Waals surface area contributed by atoms with Gasteiger partial charge in [-0.25, -0.2) is 15.6 Å². The van der Waals surface area contributed by atoms with Gasteiger partial charge in [0.1, 0.15) is 0 Å². The number of aliphatic hydroxyl groups is 1. The van der Waals surface area contributed by atoms with Crippen LogP contribution in [0.2, 0.25) is 0 Å². The van der Waals surface area contributed by atoms with Crippen molar-refractivity contribution in [3.05, 3.63) is 40.1 Å². The minimum absolute atomic E-state index is 0.00438. The highest BCUT2D eigenvalue weighted by Crippen LogP contribution is 2.49. The van der Waals surface area contributed by atoms with Crippen LogP contribution in [-0.4, -0.2) is 76.2 Å². The zero-order valence-corrected chi connectivity index (χ0v) is 23.1. The summed E-state index contributed by atoms with van der Waals surface area (Å²) < 4.78 is 51.3. The number of hydrogen-bond acceptors (Lipinski definition) is 7. The van der Waals surface area contributed by atoms with Gasteiger partial charge in [0.15, 0.2) is 0 Å². The van der Waals surface area contributed by atoms with Crippen LogP contribution in [0.25, 0.3) is 5.52 Å². The van der Waals surface area contributed by atoms with Crippen molar-refractivity contribution in [3.8, 4) is 0 Å². The number of likely N-dealkylation sites (tertiary alicyclic amines) is 1. The summed E-state index contributed by atoms with van der Waals surface area (Å²) >= 11 is 0. The maximum absolute atomic E-state index is 14.3. The Morgan fingerprint density at radius 2 is 1.95 bits per heavy atom. The molecule has 6 rings (SSSR count). The van der Waals surface area contributed by atoms with Gasteiger partial charge in [-0.1, -0.05) is 6.42 Å². The molecule has 222 valence electrons. The molecule has 2 aromatic heterocycles. The van der Waals surface area contributed by atoms with Crippen molar-refractivity contribution in [3.63, 3.8) is 0 Å². The van der Waals surface area contributed by atoms with Gasteiger partial charge in [-0.05, 0) is 76.1 Å². The van der Waals surface area contributed by atoms with E-state index in [0.717, 1.165) is 45.2 Å². The summed E-state index contributed by atoms with van der Waals surface area (Å²) in [6, 6.07) is 1.05. The zero-order valence-electron chi connectivity index (χ0n) is 23.1. The van der Waals surface area contributed by atoms with E-state index in [1.54, 1.807) is 10.8 Å². The molecule has 0 aromatic carbocycles. The highest BCUT2D eigenvalue weighted by molar-refractivity contribution is 5.56. The number of pyridine rings is 1. The summed E-state index contributed by atoms with van der Waals surface area (Å²) in [4.78, 5) is 18.0. The Morgan fingerprint density at radius 3 is 2.65 bits per heavy atom. The van der Waals surface area contributed by atoms with Crippen LogP contribution in [0.3, 0.4) is 0 Å². The number of halogens is 3. The van der Waals surface area contributed by atoms with E-state index in [1.165, 1.54) is 16.7 Å². The Kier molecular flexibility index (Phi) is 7.77. The van der Waals surface area contributed by atoms with Gasteiger partial charge in [-0.2, -0.15) is 13.2 Å². The van der Waals surface area contributed by atoms with Crippen LogP contribution in [0, 0.1) is 11.3 Å². The number of fused-ring (bicyclic) bond motifs is 1. The molecule has 1 saturated carbocycles. The zero-order chi connectivity index (χ0) is 28.1. The third kappa shape index (κ3) is 5.46. The molecule has 9 nitrogen and oxygen atoms in total. The molecule has 4 unspecified atom stereocenters. The first-order valence-electron chi connectivity index (χ1n) is 14.6. The molecular weight excluding hydrogens is 525 g/mol. The summed E-state index contributed by atoms with van der Waals surface area (Å²) in [7, 11) is 2.07. The number of ether oxygens (including phenoxy) is 1. The van der Waals surface area contributed by atoms with E-state index in [0.29, 0.717) is 57.2 Å². The largest absolute Gasteiger partial charge is 0.418 e. The third-order valence-electron chi connectivity index (χ3n) is 9.76. The molecule has 0 radical (unpaired) electrons. The van der Waals surface area contributed by atoms with Gasteiger partial charge in [-0.3, -0.25) is 18.8 Å². The molecule has 2 aromatic rings. The third-order valence-corrected chi connectivity index (χ3v) is 9.76. The lowest BCUT2D eigenvalue weighted by Crippen LogP contribution is -2.54. The van der Waals surface area contributed by atoms with Crippen LogP contribution in [0.1, 0.15) is 68.5 Å². The predicted octanol–water partition coefficient (Wildman–Crippen LogP) is 2.93. The Labute approximate surface area is 232 Å². The van der Waals surface area contributed by atoms with E-state index in [1.807, 2.05) is 0 Å². The predicted molar refractivity (Wildman–Crippen MR) is 143 cm³/mol. The van der Waals surface area contributed by atoms with Gasteiger partial charge in [0.25, 0.3) is 0 Å². The summed E-state index contributed by atoms with van der Waals surface area (Å²) in [6.07, 6.45) is 4.80. The molecule has 5 heterocycles. The molecule has 12 heteroatoms. The lowest BCUT2D eigenvalue weighted by atomic mass is 9.64. The van der Waals surface area contributed by atoms with E-state index in [-0.39, 0.29) is 29.2 Å². The number of alkyl halides is 3. The monoisotopic (exact) mass is 566 g/mol. The Balaban J connectivity index is 1.28. The average Bonchev–Trinajstić information content (AvgIpc) is 3.38. The lowest BCUT2D eigenvalue weighted by molar-refractivity contribution is -0.167. The maximum atomic E-state index is 14.3. The van der Waals surface area contributed by atoms with E-state index in [9.17, 15) is 23.1 Å². The second-order valence-corrected chi connectivity index (χ2v) is 12.5. The number of imidazole rings is 1. The van der Waals surface area contributed by atoms with Crippen molar-refractivity contribution in [1.29, 1.82) is 0 Å². The average molecular weight is 567 g/mol. The first-order valence-corrected chi connectivity index (χ1v) is 14.6. The van der Waals surface area contributed by atoms with E-state index in [4.69, 9.17) is 4.74 Å². The van der Waals surface area contributed by atoms with E-state index < -0.39 is 17.4 Å². The molecule has 3 aliphatic heterocycles. The van der Waals surface area contributed by atoms with Crippen LogP contribution >= 0.6 is 0 Å². The first-order chi connectivity index (χ1) is 19.1. The summed E-state index contributed by atoms with van der Waals surface area (Å²) in [5.41, 5.74) is 5.74. The fourth-order valence-corrected chi connectivity index (χ4v) is 7.35. The summed E-state index contributed by atoms with van der Waals surface area (Å²) in [6.45, 7) is 3.77. The van der Waals surface area contributed by atoms with Gasteiger partial charge in [0, 0.05) is 36.9 Å². The Hall–Kier alpha value is -1.96. The molecule has 0 bridgehead atoms. The van der Waals surface area contributed by atoms with Gasteiger partial charge < -0.3 is 9.84 Å². The molecule has 4 aliphatic rings. The SMILES string of the molecule is CN1CNNC1CC1(C2CCCC(n3cc4c(C(F)(F)F)cc(CN5CCCC(O)CC5)cn4c3=O)C2)COC1. The molecule has 1 aliphatic carbocycles. The minimum Gasteiger partial charge on any atom is -0.393 e. The molecule has 4 atom stereocenters. The van der Waals surface area contributed by atoms with Crippen molar-refractivity contribution in [2.45, 2.75) is 82.4 Å². The number of aliphatic hydroxyl groups excluding tert-OH is 1. The van der Waals surface area contributed by atoms with Crippen molar-refractivity contribution >= 4 is 5.52 Å². The fourth-order valence-electron chi connectivity index (χ4n) is 7.35. The molecule has 0 spiro atoms. The maximum Gasteiger partial charge on any atom is 0.418 e. The van der Waals surface area contributed by atoms with Crippen LogP contribution in [0.5, 0.6) is 0 Å². The summed E-state index contributed by atoms with van der Waals surface area (Å²) in [5.74, 6) is 0.335. The number of rotatable bonds is 6. The van der Waals surface area contributed by atoms with Crippen LogP contribution in [-0.2, 0) is 17.5 Å². The fraction of sp³-hybridized carbons (Fsp3) is 0.750. The van der Waals surface area contributed by atoms with Gasteiger partial charge in [-0.15, -0.1) is 0 Å². The topological polar surface area (TPSA) is 86.4 Å². The number of nitrogens with zero attached hydrogens (tertiary/aromatic N) is 4. The van der Waals surface area contributed by atoms with Crippen molar-refractivity contribution in [2.24, 2.45) is 11.3 Å². The van der Waals surface area contributed by atoms with Gasteiger partial charge in [0.05, 0.1) is 43.2 Å². The number of aromatic nitrogens is 2. The first kappa shape index (κ1) is 28.2. The number of hydrogen-bond donors (Lipinski definition) is 3. The second kappa shape index (κ2) is 11.0.